The van der Waals surface area contributed by atoms with E-state index in [1.807, 2.05) is 25.3 Å². The molecule has 3 aromatic rings. The molecule has 1 aromatic carbocycles. The van der Waals surface area contributed by atoms with Crippen LogP contribution in [0, 0.1) is 0 Å². The summed E-state index contributed by atoms with van der Waals surface area (Å²) in [7, 11) is 2.12. The molecule has 1 aliphatic rings. The number of nitrogens with zero attached hydrogens (tertiary/aromatic N) is 3. The van der Waals surface area contributed by atoms with Crippen LogP contribution in [0.25, 0.3) is 10.9 Å². The summed E-state index contributed by atoms with van der Waals surface area (Å²) in [4.78, 5) is 24.6. The lowest BCUT2D eigenvalue weighted by Crippen LogP contribution is -2.50. The van der Waals surface area contributed by atoms with Gasteiger partial charge >= 0.3 is 0 Å². The van der Waals surface area contributed by atoms with Crippen LogP contribution < -0.4 is 10.2 Å². The topological polar surface area (TPSA) is 77.4 Å². The van der Waals surface area contributed by atoms with Crippen molar-refractivity contribution >= 4 is 22.8 Å². The molecule has 1 aliphatic heterocycles. The van der Waals surface area contributed by atoms with E-state index in [-0.39, 0.29) is 20.6 Å². The third-order valence-electron chi connectivity index (χ3n) is 5.53. The van der Waals surface area contributed by atoms with Crippen LogP contribution in [0.15, 0.2) is 41.1 Å². The number of aromatic nitrogens is 2. The van der Waals surface area contributed by atoms with Crippen molar-refractivity contribution in [3.05, 3.63) is 48.0 Å². The summed E-state index contributed by atoms with van der Waals surface area (Å²) in [5, 5.41) is 4.21. The molecule has 1 unspecified atom stereocenters. The van der Waals surface area contributed by atoms with E-state index < -0.39 is 0 Å². The number of piperazine rings is 1. The maximum atomic E-state index is 12.6. The van der Waals surface area contributed by atoms with Gasteiger partial charge in [0.2, 0.25) is 5.76 Å². The number of benzene rings is 1. The minimum atomic E-state index is -0.228. The van der Waals surface area contributed by atoms with E-state index in [4.69, 9.17) is 4.42 Å². The molecule has 1 amide bonds. The molecule has 0 bridgehead atoms. The molecular weight excluding hydrogens is 354 g/mol. The van der Waals surface area contributed by atoms with Gasteiger partial charge in [0.1, 0.15) is 0 Å². The second kappa shape index (κ2) is 7.67. The van der Waals surface area contributed by atoms with Gasteiger partial charge < -0.3 is 24.5 Å². The molecule has 4 rings (SSSR count). The van der Waals surface area contributed by atoms with Crippen molar-refractivity contribution in [1.29, 1.82) is 0 Å². The maximum Gasteiger partial charge on any atom is 0.298 e. The van der Waals surface area contributed by atoms with E-state index in [2.05, 4.69) is 51.2 Å². The summed E-state index contributed by atoms with van der Waals surface area (Å²) in [6, 6.07) is 9.11. The first-order valence-electron chi connectivity index (χ1n) is 9.78. The van der Waals surface area contributed by atoms with E-state index in [0.29, 0.717) is 12.1 Å². The van der Waals surface area contributed by atoms with Crippen molar-refractivity contribution in [3.63, 3.8) is 0 Å². The van der Waals surface area contributed by atoms with Gasteiger partial charge in [0.25, 0.3) is 11.9 Å². The highest BCUT2D eigenvalue weighted by Gasteiger charge is 2.25. The van der Waals surface area contributed by atoms with Crippen molar-refractivity contribution in [2.24, 2.45) is 0 Å². The number of likely N-dealkylation sites (N-methyl/N-ethyl adjacent to an activating group) is 1. The van der Waals surface area contributed by atoms with Gasteiger partial charge in [-0.1, -0.05) is 18.2 Å². The maximum absolute atomic E-state index is 12.6. The number of para-hydroxylation sites is 1. The Morgan fingerprint density at radius 1 is 1.43 bits per heavy atom. The molecule has 0 spiro atoms. The second-order valence-electron chi connectivity index (χ2n) is 7.72. The minimum absolute atomic E-state index is 0. The molecule has 28 heavy (non-hydrogen) atoms. The fraction of sp³-hybridized carbons (Fsp3) is 0.429. The molecule has 0 radical (unpaired) electrons. The lowest BCUT2D eigenvalue weighted by molar-refractivity contribution is 0.0912. The van der Waals surface area contributed by atoms with Gasteiger partial charge in [-0.2, -0.15) is 0 Å². The molecule has 2 N–H and O–H groups in total. The normalized spacial score (nSPS) is 19.1. The predicted molar refractivity (Wildman–Crippen MR) is 114 cm³/mol. The number of carbonyl (C=O) groups is 1. The number of hydrogen-bond acceptors (Lipinski definition) is 5. The first-order valence-corrected chi connectivity index (χ1v) is 9.78. The van der Waals surface area contributed by atoms with Crippen molar-refractivity contribution < 1.29 is 12.1 Å². The Kier molecular flexibility index (Phi) is 5.09. The van der Waals surface area contributed by atoms with Crippen LogP contribution in [-0.2, 0) is 6.42 Å². The van der Waals surface area contributed by atoms with Crippen LogP contribution in [0.2, 0.25) is 0 Å². The van der Waals surface area contributed by atoms with E-state index in [1.54, 1.807) is 0 Å². The molecule has 1 saturated heterocycles. The number of oxazole rings is 1. The summed E-state index contributed by atoms with van der Waals surface area (Å²) in [6.45, 7) is 6.81. The SMILES string of the molecule is CC(Cc1c[nH]c2ccccc12)NC(=O)c1cnc(N2CCN(C)[C@H](C)C2)o1.[HH].[HH]. The molecule has 2 aromatic heterocycles. The number of nitrogens with one attached hydrogen (secondary N) is 2. The van der Waals surface area contributed by atoms with Gasteiger partial charge in [-0.05, 0) is 38.9 Å². The Labute approximate surface area is 167 Å². The molecule has 2 atom stereocenters. The number of rotatable bonds is 5. The van der Waals surface area contributed by atoms with Crippen molar-refractivity contribution in [3.8, 4) is 0 Å². The summed E-state index contributed by atoms with van der Waals surface area (Å²) in [6.07, 6.45) is 4.27. The molecule has 1 fully saturated rings. The van der Waals surface area contributed by atoms with Gasteiger partial charge in [0.15, 0.2) is 0 Å². The molecule has 3 heterocycles. The number of fused-ring (bicyclic) bond motifs is 1. The molecule has 152 valence electrons. The van der Waals surface area contributed by atoms with Crippen LogP contribution in [-0.4, -0.2) is 59.5 Å². The van der Waals surface area contributed by atoms with E-state index in [0.717, 1.165) is 31.6 Å². The average molecular weight is 386 g/mol. The molecule has 7 nitrogen and oxygen atoms in total. The predicted octanol–water partition coefficient (Wildman–Crippen LogP) is 3.15. The van der Waals surface area contributed by atoms with Gasteiger partial charge in [0.05, 0.1) is 6.20 Å². The minimum Gasteiger partial charge on any atom is -0.418 e. The first kappa shape index (κ1) is 18.6. The summed E-state index contributed by atoms with van der Waals surface area (Å²) >= 11 is 0. The Morgan fingerprint density at radius 3 is 3.07 bits per heavy atom. The third-order valence-corrected chi connectivity index (χ3v) is 5.53. The standard InChI is InChI=1S/C21H27N5O2.2H2/c1-14(10-16-11-22-18-7-5-4-6-17(16)18)24-20(27)19-12-23-21(28-19)26-9-8-25(3)15(2)13-26;;/h4-7,11-12,14-15,22H,8-10,13H2,1-3H3,(H,24,27);2*1H/t14?,15-;;/m1../s1. The number of hydrogen-bond donors (Lipinski definition) is 2. The fourth-order valence-corrected chi connectivity index (χ4v) is 3.71. The molecular formula is C21H31N5O2. The highest BCUT2D eigenvalue weighted by molar-refractivity contribution is 5.91. The van der Waals surface area contributed by atoms with Gasteiger partial charge in [-0.15, -0.1) is 0 Å². The zero-order valence-corrected chi connectivity index (χ0v) is 16.6. The zero-order valence-electron chi connectivity index (χ0n) is 16.6. The summed E-state index contributed by atoms with van der Waals surface area (Å²) in [5.74, 6) is 0.0284. The number of H-pyrrole nitrogens is 1. The molecule has 0 aliphatic carbocycles. The van der Waals surface area contributed by atoms with Crippen LogP contribution in [0.3, 0.4) is 0 Å². The first-order chi connectivity index (χ1) is 13.5. The van der Waals surface area contributed by atoms with Crippen LogP contribution in [0.4, 0.5) is 6.01 Å². The molecule has 7 heteroatoms. The van der Waals surface area contributed by atoms with E-state index in [9.17, 15) is 4.79 Å². The summed E-state index contributed by atoms with van der Waals surface area (Å²) < 4.78 is 5.75. The zero-order chi connectivity index (χ0) is 19.7. The van der Waals surface area contributed by atoms with E-state index in [1.165, 1.54) is 17.1 Å². The largest absolute Gasteiger partial charge is 0.418 e. The molecule has 0 saturated carbocycles. The Balaban J connectivity index is 0.00000160. The van der Waals surface area contributed by atoms with Crippen LogP contribution in [0.1, 0.15) is 32.8 Å². The smallest absolute Gasteiger partial charge is 0.298 e. The van der Waals surface area contributed by atoms with Crippen molar-refractivity contribution in [2.75, 3.05) is 31.6 Å². The highest BCUT2D eigenvalue weighted by atomic mass is 16.4. The summed E-state index contributed by atoms with van der Waals surface area (Å²) in [5.41, 5.74) is 2.30. The number of aromatic amines is 1. The lowest BCUT2D eigenvalue weighted by Gasteiger charge is -2.36. The number of amides is 1. The number of anilines is 1. The monoisotopic (exact) mass is 385 g/mol. The van der Waals surface area contributed by atoms with Gasteiger partial charge in [-0.3, -0.25) is 4.79 Å². The third kappa shape index (κ3) is 3.75. The van der Waals surface area contributed by atoms with Gasteiger partial charge in [-0.25, -0.2) is 4.98 Å². The van der Waals surface area contributed by atoms with Gasteiger partial charge in [0, 0.05) is 51.7 Å². The number of carbonyl (C=O) groups excluding carboxylic acids is 1. The van der Waals surface area contributed by atoms with Crippen LogP contribution >= 0.6 is 0 Å². The van der Waals surface area contributed by atoms with Crippen LogP contribution in [0.5, 0.6) is 0 Å². The fourth-order valence-electron chi connectivity index (χ4n) is 3.71. The van der Waals surface area contributed by atoms with Crippen molar-refractivity contribution in [2.45, 2.75) is 32.4 Å². The second-order valence-corrected chi connectivity index (χ2v) is 7.72. The Bertz CT molecular complexity index is 973. The van der Waals surface area contributed by atoms with Crippen molar-refractivity contribution in [1.82, 2.24) is 20.2 Å². The Hall–Kier alpha value is -2.80. The van der Waals surface area contributed by atoms with E-state index >= 15 is 0 Å². The highest BCUT2D eigenvalue weighted by Crippen LogP contribution is 2.20. The quantitative estimate of drug-likeness (QED) is 0.705. The average Bonchev–Trinajstić information content (AvgIpc) is 3.32. The lowest BCUT2D eigenvalue weighted by atomic mass is 10.1. The Morgan fingerprint density at radius 2 is 2.25 bits per heavy atom.